The van der Waals surface area contributed by atoms with Crippen molar-refractivity contribution in [3.8, 4) is 0 Å². The summed E-state index contributed by atoms with van der Waals surface area (Å²) in [5.74, 6) is -1.50. The van der Waals surface area contributed by atoms with Crippen LogP contribution in [0.1, 0.15) is 12.5 Å². The molecular formula is C18H17N3O2. The molecule has 3 rings (SSSR count). The minimum absolute atomic E-state index is 0.320. The molecule has 0 aromatic heterocycles. The van der Waals surface area contributed by atoms with Crippen LogP contribution < -0.4 is 10.3 Å². The molecule has 1 heterocycles. The van der Waals surface area contributed by atoms with Crippen LogP contribution in [-0.4, -0.2) is 17.5 Å². The predicted molar refractivity (Wildman–Crippen MR) is 88.8 cm³/mol. The van der Waals surface area contributed by atoms with Crippen LogP contribution in [0.3, 0.4) is 0 Å². The highest BCUT2D eigenvalue weighted by atomic mass is 16.2. The third-order valence-electron chi connectivity index (χ3n) is 3.70. The van der Waals surface area contributed by atoms with Crippen LogP contribution in [0.2, 0.25) is 0 Å². The van der Waals surface area contributed by atoms with Gasteiger partial charge in [0, 0.05) is 6.54 Å². The van der Waals surface area contributed by atoms with Crippen LogP contribution in [0.5, 0.6) is 0 Å². The van der Waals surface area contributed by atoms with E-state index in [0.29, 0.717) is 17.9 Å². The van der Waals surface area contributed by atoms with Gasteiger partial charge in [0.05, 0.1) is 11.4 Å². The van der Waals surface area contributed by atoms with E-state index < -0.39 is 5.92 Å². The summed E-state index contributed by atoms with van der Waals surface area (Å²) >= 11 is 0. The van der Waals surface area contributed by atoms with Gasteiger partial charge in [-0.25, -0.2) is 0 Å². The number of carbonyl (C=O) groups is 2. The van der Waals surface area contributed by atoms with Crippen LogP contribution in [0, 0.1) is 5.92 Å². The second-order valence-electron chi connectivity index (χ2n) is 5.36. The van der Waals surface area contributed by atoms with Crippen molar-refractivity contribution >= 4 is 23.2 Å². The molecule has 116 valence electrons. The molecule has 0 bridgehead atoms. The van der Waals surface area contributed by atoms with Gasteiger partial charge in [-0.1, -0.05) is 48.5 Å². The van der Waals surface area contributed by atoms with Crippen LogP contribution in [0.25, 0.3) is 0 Å². The maximum Gasteiger partial charge on any atom is 0.265 e. The van der Waals surface area contributed by atoms with Crippen molar-refractivity contribution in [3.05, 3.63) is 66.2 Å². The molecule has 23 heavy (non-hydrogen) atoms. The normalized spacial score (nSPS) is 17.1. The number of rotatable bonds is 4. The number of nitrogens with one attached hydrogen (secondary N) is 1. The lowest BCUT2D eigenvalue weighted by molar-refractivity contribution is -0.130. The molecule has 0 fully saturated rings. The van der Waals surface area contributed by atoms with Gasteiger partial charge in [-0.15, -0.1) is 0 Å². The van der Waals surface area contributed by atoms with Crippen LogP contribution >= 0.6 is 0 Å². The van der Waals surface area contributed by atoms with Gasteiger partial charge in [0.2, 0.25) is 5.91 Å². The Morgan fingerprint density at radius 3 is 2.35 bits per heavy atom. The van der Waals surface area contributed by atoms with Crippen molar-refractivity contribution in [1.29, 1.82) is 0 Å². The minimum Gasteiger partial charge on any atom is -0.351 e. The van der Waals surface area contributed by atoms with E-state index >= 15 is 0 Å². The summed E-state index contributed by atoms with van der Waals surface area (Å²) in [5, 5.41) is 8.34. The molecule has 0 radical (unpaired) electrons. The smallest absolute Gasteiger partial charge is 0.265 e. The Hall–Kier alpha value is -2.95. The van der Waals surface area contributed by atoms with Gasteiger partial charge in [-0.3, -0.25) is 9.59 Å². The topological polar surface area (TPSA) is 61.8 Å². The van der Waals surface area contributed by atoms with Gasteiger partial charge in [0.25, 0.3) is 5.91 Å². The molecule has 5 heteroatoms. The molecule has 5 nitrogen and oxygen atoms in total. The Morgan fingerprint density at radius 1 is 1.09 bits per heavy atom. The lowest BCUT2D eigenvalue weighted by atomic mass is 10.0. The average Bonchev–Trinajstić information content (AvgIpc) is 2.89. The molecule has 0 saturated heterocycles. The van der Waals surface area contributed by atoms with Gasteiger partial charge in [-0.05, 0) is 24.6 Å². The Morgan fingerprint density at radius 2 is 1.70 bits per heavy atom. The molecule has 1 aliphatic heterocycles. The van der Waals surface area contributed by atoms with E-state index in [2.05, 4.69) is 10.4 Å². The minimum atomic E-state index is -0.862. The highest BCUT2D eigenvalue weighted by Gasteiger charge is 2.39. The fourth-order valence-corrected chi connectivity index (χ4v) is 2.51. The van der Waals surface area contributed by atoms with E-state index in [4.69, 9.17) is 0 Å². The molecule has 2 amide bonds. The maximum atomic E-state index is 12.5. The van der Waals surface area contributed by atoms with Gasteiger partial charge in [0.15, 0.2) is 5.92 Å². The predicted octanol–water partition coefficient (Wildman–Crippen LogP) is 2.34. The zero-order valence-electron chi connectivity index (χ0n) is 12.8. The Bertz CT molecular complexity index is 741. The summed E-state index contributed by atoms with van der Waals surface area (Å²) in [6, 6.07) is 18.7. The zero-order valence-corrected chi connectivity index (χ0v) is 12.8. The Kier molecular flexibility index (Phi) is 4.19. The van der Waals surface area contributed by atoms with E-state index in [-0.39, 0.29) is 11.8 Å². The average molecular weight is 307 g/mol. The van der Waals surface area contributed by atoms with Crippen LogP contribution in [-0.2, 0) is 16.1 Å². The van der Waals surface area contributed by atoms with E-state index in [9.17, 15) is 9.59 Å². The van der Waals surface area contributed by atoms with Gasteiger partial charge in [0.1, 0.15) is 0 Å². The SMILES string of the molecule is CC1=NN(c2ccccc2)C(=O)[C@@H]1C(=O)NCc1ccccc1. The number of hydrogen-bond donors (Lipinski definition) is 1. The number of amides is 2. The summed E-state index contributed by atoms with van der Waals surface area (Å²) < 4.78 is 0. The van der Waals surface area contributed by atoms with Crippen molar-refractivity contribution in [2.45, 2.75) is 13.5 Å². The lowest BCUT2D eigenvalue weighted by Crippen LogP contribution is -2.39. The number of para-hydroxylation sites is 1. The number of hydrazone groups is 1. The molecule has 2 aromatic carbocycles. The van der Waals surface area contributed by atoms with Crippen molar-refractivity contribution in [1.82, 2.24) is 5.32 Å². The van der Waals surface area contributed by atoms with Crippen LogP contribution in [0.15, 0.2) is 65.8 Å². The molecular weight excluding hydrogens is 290 g/mol. The van der Waals surface area contributed by atoms with Crippen molar-refractivity contribution in [2.24, 2.45) is 11.0 Å². The van der Waals surface area contributed by atoms with E-state index in [0.717, 1.165) is 5.56 Å². The second kappa shape index (κ2) is 6.44. The van der Waals surface area contributed by atoms with Crippen molar-refractivity contribution in [2.75, 3.05) is 5.01 Å². The standard InChI is InChI=1S/C18H17N3O2/c1-13-16(17(22)19-12-14-8-4-2-5-9-14)18(23)21(20-13)15-10-6-3-7-11-15/h2-11,16H,12H2,1H3,(H,19,22)/t16-/m0/s1. The number of carbonyl (C=O) groups excluding carboxylic acids is 2. The number of hydrogen-bond acceptors (Lipinski definition) is 3. The molecule has 0 spiro atoms. The first kappa shape index (κ1) is 15.0. The number of anilines is 1. The Balaban J connectivity index is 1.70. The first-order valence-electron chi connectivity index (χ1n) is 7.42. The van der Waals surface area contributed by atoms with Gasteiger partial charge in [-0.2, -0.15) is 10.1 Å². The van der Waals surface area contributed by atoms with Gasteiger partial charge >= 0.3 is 0 Å². The van der Waals surface area contributed by atoms with E-state index in [1.54, 1.807) is 19.1 Å². The molecule has 2 aromatic rings. The highest BCUT2D eigenvalue weighted by molar-refractivity contribution is 6.26. The highest BCUT2D eigenvalue weighted by Crippen LogP contribution is 2.23. The molecule has 1 atom stereocenters. The molecule has 1 aliphatic rings. The number of nitrogens with zero attached hydrogens (tertiary/aromatic N) is 2. The summed E-state index contributed by atoms with van der Waals surface area (Å²) in [5.41, 5.74) is 2.15. The molecule has 0 saturated carbocycles. The second-order valence-corrected chi connectivity index (χ2v) is 5.36. The fourth-order valence-electron chi connectivity index (χ4n) is 2.51. The quantitative estimate of drug-likeness (QED) is 0.881. The first-order chi connectivity index (χ1) is 11.2. The van der Waals surface area contributed by atoms with Gasteiger partial charge < -0.3 is 5.32 Å². The third kappa shape index (κ3) is 3.13. The monoisotopic (exact) mass is 307 g/mol. The lowest BCUT2D eigenvalue weighted by Gasteiger charge is -2.14. The fraction of sp³-hybridized carbons (Fsp3) is 0.167. The van der Waals surface area contributed by atoms with Crippen LogP contribution in [0.4, 0.5) is 5.69 Å². The maximum absolute atomic E-state index is 12.5. The van der Waals surface area contributed by atoms with E-state index in [1.807, 2.05) is 48.5 Å². The summed E-state index contributed by atoms with van der Waals surface area (Å²) in [6.45, 7) is 2.09. The molecule has 1 N–H and O–H groups in total. The summed E-state index contributed by atoms with van der Waals surface area (Å²) in [4.78, 5) is 24.9. The third-order valence-corrected chi connectivity index (χ3v) is 3.70. The summed E-state index contributed by atoms with van der Waals surface area (Å²) in [7, 11) is 0. The Labute approximate surface area is 134 Å². The number of benzene rings is 2. The largest absolute Gasteiger partial charge is 0.351 e. The van der Waals surface area contributed by atoms with E-state index in [1.165, 1.54) is 5.01 Å². The van der Waals surface area contributed by atoms with Crippen molar-refractivity contribution < 1.29 is 9.59 Å². The zero-order chi connectivity index (χ0) is 16.2. The molecule has 0 unspecified atom stereocenters. The first-order valence-corrected chi connectivity index (χ1v) is 7.42. The molecule has 0 aliphatic carbocycles. The van der Waals surface area contributed by atoms with Crippen molar-refractivity contribution in [3.63, 3.8) is 0 Å². The summed E-state index contributed by atoms with van der Waals surface area (Å²) in [6.07, 6.45) is 0.